The molecule has 2 aromatic carbocycles. The van der Waals surface area contributed by atoms with Gasteiger partial charge in [-0.05, 0) is 43.5 Å². The maximum Gasteiger partial charge on any atom is 0.263 e. The average molecular weight is 377 g/mol. The highest BCUT2D eigenvalue weighted by Gasteiger charge is 2.28. The predicted molar refractivity (Wildman–Crippen MR) is 106 cm³/mol. The van der Waals surface area contributed by atoms with Gasteiger partial charge in [0, 0.05) is 18.7 Å². The molecule has 0 saturated carbocycles. The topological polar surface area (TPSA) is 68.5 Å². The molecule has 0 N–H and O–H groups in total. The van der Waals surface area contributed by atoms with Crippen LogP contribution in [0.15, 0.2) is 59.0 Å². The van der Waals surface area contributed by atoms with Crippen LogP contribution in [0.5, 0.6) is 5.75 Å². The summed E-state index contributed by atoms with van der Waals surface area (Å²) in [5.74, 6) is 1.44. The van der Waals surface area contributed by atoms with Gasteiger partial charge in [-0.3, -0.25) is 4.79 Å². The van der Waals surface area contributed by atoms with Gasteiger partial charge in [0.15, 0.2) is 6.10 Å². The van der Waals surface area contributed by atoms with Crippen LogP contribution in [0.4, 0.5) is 0 Å². The first-order valence-electron chi connectivity index (χ1n) is 9.70. The molecular weight excluding hydrogens is 354 g/mol. The molecule has 1 aliphatic heterocycles. The SMILES string of the molecule is CCC(Oc1ccccc1-c1nnc(-c2ccccc2)o1)C(=O)N1CCCC1. The van der Waals surface area contributed by atoms with E-state index >= 15 is 0 Å². The van der Waals surface area contributed by atoms with Crippen LogP contribution in [-0.4, -0.2) is 40.2 Å². The van der Waals surface area contributed by atoms with Gasteiger partial charge < -0.3 is 14.1 Å². The summed E-state index contributed by atoms with van der Waals surface area (Å²) in [5, 5.41) is 8.34. The lowest BCUT2D eigenvalue weighted by molar-refractivity contribution is -0.137. The van der Waals surface area contributed by atoms with Gasteiger partial charge in [-0.2, -0.15) is 0 Å². The van der Waals surface area contributed by atoms with Crippen molar-refractivity contribution < 1.29 is 13.9 Å². The number of benzene rings is 2. The zero-order valence-corrected chi connectivity index (χ0v) is 15.9. The third kappa shape index (κ3) is 3.76. The van der Waals surface area contributed by atoms with E-state index in [4.69, 9.17) is 9.15 Å². The molecule has 0 radical (unpaired) electrons. The lowest BCUT2D eigenvalue weighted by Gasteiger charge is -2.23. The molecule has 1 aliphatic rings. The van der Waals surface area contributed by atoms with Crippen molar-refractivity contribution in [2.24, 2.45) is 0 Å². The number of rotatable bonds is 6. The Hall–Kier alpha value is -3.15. The van der Waals surface area contributed by atoms with Crippen LogP contribution in [0.2, 0.25) is 0 Å². The van der Waals surface area contributed by atoms with Gasteiger partial charge in [-0.1, -0.05) is 37.3 Å². The van der Waals surface area contributed by atoms with E-state index < -0.39 is 6.10 Å². The van der Waals surface area contributed by atoms with E-state index in [1.807, 2.05) is 66.4 Å². The molecule has 28 heavy (non-hydrogen) atoms. The standard InChI is InChI=1S/C22H23N3O3/c1-2-18(22(26)25-14-8-9-15-25)27-19-13-7-6-12-17(19)21-24-23-20(28-21)16-10-4-3-5-11-16/h3-7,10-13,18H,2,8-9,14-15H2,1H3. The number of nitrogens with zero attached hydrogens (tertiary/aromatic N) is 3. The van der Waals surface area contributed by atoms with E-state index in [1.165, 1.54) is 0 Å². The van der Waals surface area contributed by atoms with Crippen LogP contribution < -0.4 is 4.74 Å². The van der Waals surface area contributed by atoms with Crippen molar-refractivity contribution in [1.29, 1.82) is 0 Å². The molecule has 1 atom stereocenters. The van der Waals surface area contributed by atoms with E-state index in [9.17, 15) is 4.79 Å². The number of para-hydroxylation sites is 1. The Bertz CT molecular complexity index is 933. The minimum Gasteiger partial charge on any atom is -0.480 e. The summed E-state index contributed by atoms with van der Waals surface area (Å²) >= 11 is 0. The Morgan fingerprint density at radius 3 is 2.46 bits per heavy atom. The van der Waals surface area contributed by atoms with Gasteiger partial charge in [0.05, 0.1) is 5.56 Å². The van der Waals surface area contributed by atoms with E-state index in [-0.39, 0.29) is 5.91 Å². The van der Waals surface area contributed by atoms with Gasteiger partial charge in [0.25, 0.3) is 11.8 Å². The van der Waals surface area contributed by atoms with Crippen molar-refractivity contribution in [2.75, 3.05) is 13.1 Å². The molecule has 0 spiro atoms. The van der Waals surface area contributed by atoms with Gasteiger partial charge in [0.2, 0.25) is 5.89 Å². The van der Waals surface area contributed by atoms with Crippen molar-refractivity contribution in [1.82, 2.24) is 15.1 Å². The summed E-state index contributed by atoms with van der Waals surface area (Å²) in [5.41, 5.74) is 1.54. The monoisotopic (exact) mass is 377 g/mol. The molecule has 144 valence electrons. The van der Waals surface area contributed by atoms with Gasteiger partial charge in [-0.15, -0.1) is 10.2 Å². The van der Waals surface area contributed by atoms with Crippen molar-refractivity contribution in [2.45, 2.75) is 32.3 Å². The minimum absolute atomic E-state index is 0.0466. The molecular formula is C22H23N3O3. The number of likely N-dealkylation sites (tertiary alicyclic amines) is 1. The fourth-order valence-corrected chi connectivity index (χ4v) is 3.38. The smallest absolute Gasteiger partial charge is 0.263 e. The summed E-state index contributed by atoms with van der Waals surface area (Å²) < 4.78 is 12.0. The fourth-order valence-electron chi connectivity index (χ4n) is 3.38. The molecule has 4 rings (SSSR count). The van der Waals surface area contributed by atoms with Crippen LogP contribution in [-0.2, 0) is 4.79 Å². The molecule has 1 fully saturated rings. The number of ether oxygens (including phenoxy) is 1. The molecule has 6 heteroatoms. The normalized spacial score (nSPS) is 14.8. The second-order valence-electron chi connectivity index (χ2n) is 6.82. The number of hydrogen-bond donors (Lipinski definition) is 0. The van der Waals surface area contributed by atoms with Crippen LogP contribution in [0, 0.1) is 0 Å². The Kier molecular flexibility index (Phi) is 5.37. The molecule has 3 aromatic rings. The number of amides is 1. The van der Waals surface area contributed by atoms with Gasteiger partial charge in [-0.25, -0.2) is 0 Å². The fraction of sp³-hybridized carbons (Fsp3) is 0.318. The lowest BCUT2D eigenvalue weighted by Crippen LogP contribution is -2.40. The zero-order chi connectivity index (χ0) is 19.3. The molecule has 6 nitrogen and oxygen atoms in total. The molecule has 1 unspecified atom stereocenters. The summed E-state index contributed by atoms with van der Waals surface area (Å²) in [7, 11) is 0. The second kappa shape index (κ2) is 8.25. The number of hydrogen-bond acceptors (Lipinski definition) is 5. The third-order valence-electron chi connectivity index (χ3n) is 4.90. The second-order valence-corrected chi connectivity index (χ2v) is 6.82. The van der Waals surface area contributed by atoms with E-state index in [1.54, 1.807) is 0 Å². The van der Waals surface area contributed by atoms with E-state index in [2.05, 4.69) is 10.2 Å². The molecule has 1 aromatic heterocycles. The molecule has 0 aliphatic carbocycles. The summed E-state index contributed by atoms with van der Waals surface area (Å²) in [6.07, 6.45) is 2.20. The Balaban J connectivity index is 1.58. The third-order valence-corrected chi connectivity index (χ3v) is 4.90. The molecule has 1 saturated heterocycles. The van der Waals surface area contributed by atoms with Crippen molar-refractivity contribution in [3.8, 4) is 28.7 Å². The summed E-state index contributed by atoms with van der Waals surface area (Å²) in [6, 6.07) is 17.1. The van der Waals surface area contributed by atoms with E-state index in [0.717, 1.165) is 31.5 Å². The van der Waals surface area contributed by atoms with Crippen molar-refractivity contribution in [3.63, 3.8) is 0 Å². The lowest BCUT2D eigenvalue weighted by atomic mass is 10.2. The first kappa shape index (κ1) is 18.2. The van der Waals surface area contributed by atoms with Gasteiger partial charge >= 0.3 is 0 Å². The van der Waals surface area contributed by atoms with Crippen molar-refractivity contribution in [3.05, 3.63) is 54.6 Å². The highest BCUT2D eigenvalue weighted by atomic mass is 16.5. The number of carbonyl (C=O) groups excluding carboxylic acids is 1. The Morgan fingerprint density at radius 2 is 1.71 bits per heavy atom. The Labute approximate surface area is 164 Å². The number of aromatic nitrogens is 2. The van der Waals surface area contributed by atoms with Crippen LogP contribution in [0.1, 0.15) is 26.2 Å². The maximum absolute atomic E-state index is 12.8. The minimum atomic E-state index is -0.518. The molecule has 1 amide bonds. The van der Waals surface area contributed by atoms with Crippen LogP contribution >= 0.6 is 0 Å². The van der Waals surface area contributed by atoms with Crippen molar-refractivity contribution >= 4 is 5.91 Å². The number of carbonyl (C=O) groups is 1. The van der Waals surface area contributed by atoms with Crippen LogP contribution in [0.3, 0.4) is 0 Å². The average Bonchev–Trinajstić information content (AvgIpc) is 3.45. The summed E-state index contributed by atoms with van der Waals surface area (Å²) in [6.45, 7) is 3.58. The first-order chi connectivity index (χ1) is 13.8. The zero-order valence-electron chi connectivity index (χ0n) is 15.9. The van der Waals surface area contributed by atoms with Gasteiger partial charge in [0.1, 0.15) is 5.75 Å². The van der Waals surface area contributed by atoms with E-state index in [0.29, 0.717) is 29.5 Å². The molecule has 2 heterocycles. The quantitative estimate of drug-likeness (QED) is 0.644. The highest BCUT2D eigenvalue weighted by molar-refractivity contribution is 5.81. The first-order valence-corrected chi connectivity index (χ1v) is 9.70. The molecule has 0 bridgehead atoms. The highest BCUT2D eigenvalue weighted by Crippen LogP contribution is 2.32. The largest absolute Gasteiger partial charge is 0.480 e. The van der Waals surface area contributed by atoms with Crippen LogP contribution in [0.25, 0.3) is 22.9 Å². The Morgan fingerprint density at radius 1 is 1.04 bits per heavy atom. The predicted octanol–water partition coefficient (Wildman–Crippen LogP) is 4.18. The maximum atomic E-state index is 12.8. The summed E-state index contributed by atoms with van der Waals surface area (Å²) in [4.78, 5) is 14.7.